The molecular formula is C16H19ClFNO2. The number of piperidine rings is 1. The fourth-order valence-corrected chi connectivity index (χ4v) is 3.08. The zero-order chi connectivity index (χ0) is 15.5. The zero-order valence-electron chi connectivity index (χ0n) is 11.8. The van der Waals surface area contributed by atoms with Crippen LogP contribution in [-0.2, 0) is 0 Å². The van der Waals surface area contributed by atoms with Crippen LogP contribution in [-0.4, -0.2) is 35.6 Å². The first kappa shape index (κ1) is 16.0. The van der Waals surface area contributed by atoms with Crippen LogP contribution in [0.4, 0.5) is 4.39 Å². The Morgan fingerprint density at radius 1 is 1.57 bits per heavy atom. The third-order valence-corrected chi connectivity index (χ3v) is 4.35. The van der Waals surface area contributed by atoms with E-state index in [0.717, 1.165) is 18.9 Å². The number of aliphatic hydroxyl groups is 1. The number of hydrogen-bond acceptors (Lipinski definition) is 2. The number of likely N-dealkylation sites (tertiary alicyclic amines) is 1. The van der Waals surface area contributed by atoms with E-state index in [-0.39, 0.29) is 28.5 Å². The molecule has 21 heavy (non-hydrogen) atoms. The van der Waals surface area contributed by atoms with Crippen LogP contribution in [0.1, 0.15) is 29.6 Å². The molecule has 1 fully saturated rings. The second-order valence-electron chi connectivity index (χ2n) is 5.61. The first-order chi connectivity index (χ1) is 10.0. The molecule has 1 saturated heterocycles. The first-order valence-electron chi connectivity index (χ1n) is 6.97. The molecule has 5 heteroatoms. The van der Waals surface area contributed by atoms with Gasteiger partial charge in [-0.1, -0.05) is 17.7 Å². The molecule has 0 spiro atoms. The van der Waals surface area contributed by atoms with Gasteiger partial charge < -0.3 is 10.0 Å². The molecule has 0 unspecified atom stereocenters. The zero-order valence-corrected chi connectivity index (χ0v) is 12.6. The number of benzene rings is 1. The van der Waals surface area contributed by atoms with Gasteiger partial charge in [0, 0.05) is 18.5 Å². The first-order valence-corrected chi connectivity index (χ1v) is 7.35. The number of nitrogens with zero attached hydrogens (tertiary/aromatic N) is 1. The molecule has 0 saturated carbocycles. The Bertz CT molecular complexity index is 549. The van der Waals surface area contributed by atoms with Gasteiger partial charge in [-0.05, 0) is 37.5 Å². The minimum atomic E-state index is -0.487. The van der Waals surface area contributed by atoms with Crippen LogP contribution < -0.4 is 0 Å². The van der Waals surface area contributed by atoms with E-state index in [9.17, 15) is 14.3 Å². The summed E-state index contributed by atoms with van der Waals surface area (Å²) in [6, 6.07) is 3.77. The van der Waals surface area contributed by atoms with Crippen LogP contribution in [0.15, 0.2) is 30.9 Å². The van der Waals surface area contributed by atoms with Gasteiger partial charge in [0.15, 0.2) is 0 Å². The molecule has 1 aliphatic heterocycles. The second-order valence-corrected chi connectivity index (χ2v) is 6.01. The molecule has 1 N–H and O–H groups in total. The highest BCUT2D eigenvalue weighted by Gasteiger charge is 2.36. The van der Waals surface area contributed by atoms with Crippen molar-refractivity contribution in [2.24, 2.45) is 5.41 Å². The fraction of sp³-hybridized carbons (Fsp3) is 0.438. The number of carbonyl (C=O) groups is 1. The molecule has 1 aromatic rings. The third-order valence-electron chi connectivity index (χ3n) is 4.02. The van der Waals surface area contributed by atoms with Gasteiger partial charge in [0.25, 0.3) is 5.91 Å². The van der Waals surface area contributed by atoms with Crippen molar-refractivity contribution >= 4 is 17.5 Å². The van der Waals surface area contributed by atoms with Gasteiger partial charge >= 0.3 is 0 Å². The van der Waals surface area contributed by atoms with Crippen LogP contribution in [0.3, 0.4) is 0 Å². The predicted octanol–water partition coefficient (Wildman–Crippen LogP) is 3.27. The maximum atomic E-state index is 13.3. The number of amides is 1. The number of aliphatic hydroxyl groups excluding tert-OH is 1. The summed E-state index contributed by atoms with van der Waals surface area (Å²) in [5, 5.41) is 9.91. The van der Waals surface area contributed by atoms with E-state index in [4.69, 9.17) is 11.6 Å². The van der Waals surface area contributed by atoms with Crippen molar-refractivity contribution in [2.75, 3.05) is 19.7 Å². The molecular weight excluding hydrogens is 293 g/mol. The molecule has 1 atom stereocenters. The highest BCUT2D eigenvalue weighted by atomic mass is 35.5. The van der Waals surface area contributed by atoms with Gasteiger partial charge in [-0.25, -0.2) is 4.39 Å². The quantitative estimate of drug-likeness (QED) is 0.867. The van der Waals surface area contributed by atoms with Crippen LogP contribution >= 0.6 is 11.6 Å². The smallest absolute Gasteiger partial charge is 0.255 e. The van der Waals surface area contributed by atoms with Crippen LogP contribution in [0.5, 0.6) is 0 Å². The van der Waals surface area contributed by atoms with E-state index in [1.807, 2.05) is 0 Å². The Morgan fingerprint density at radius 2 is 2.33 bits per heavy atom. The summed E-state index contributed by atoms with van der Waals surface area (Å²) in [6.45, 7) is 4.74. The highest BCUT2D eigenvalue weighted by Crippen LogP contribution is 2.34. The molecule has 2 rings (SSSR count). The monoisotopic (exact) mass is 311 g/mol. The normalized spacial score (nSPS) is 22.1. The average molecular weight is 312 g/mol. The van der Waals surface area contributed by atoms with Crippen molar-refractivity contribution in [3.63, 3.8) is 0 Å². The standard InChI is InChI=1S/C16H19ClFNO2/c1-2-6-16(11-20)7-3-8-19(10-16)15(21)13-9-12(18)4-5-14(13)17/h2,4-5,9,20H,1,3,6-8,10-11H2/t16-/m0/s1. The molecule has 1 amide bonds. The van der Waals surface area contributed by atoms with Gasteiger partial charge in [0.05, 0.1) is 17.2 Å². The maximum absolute atomic E-state index is 13.3. The minimum absolute atomic E-state index is 0.000315. The number of rotatable bonds is 4. The van der Waals surface area contributed by atoms with E-state index in [1.54, 1.807) is 11.0 Å². The van der Waals surface area contributed by atoms with E-state index in [2.05, 4.69) is 6.58 Å². The van der Waals surface area contributed by atoms with Crippen LogP contribution in [0.2, 0.25) is 5.02 Å². The number of halogens is 2. The lowest BCUT2D eigenvalue weighted by atomic mass is 9.77. The van der Waals surface area contributed by atoms with Crippen LogP contribution in [0, 0.1) is 11.2 Å². The molecule has 1 aliphatic rings. The SMILES string of the molecule is C=CC[C@]1(CO)CCCN(C(=O)c2cc(F)ccc2Cl)C1. The summed E-state index contributed by atoms with van der Waals surface area (Å²) < 4.78 is 13.3. The van der Waals surface area contributed by atoms with Gasteiger partial charge in [-0.15, -0.1) is 6.58 Å². The summed E-state index contributed by atoms with van der Waals surface area (Å²) in [7, 11) is 0. The number of allylic oxidation sites excluding steroid dienone is 1. The van der Waals surface area contributed by atoms with Crippen molar-refractivity contribution in [1.82, 2.24) is 4.90 Å². The Morgan fingerprint density at radius 3 is 3.00 bits per heavy atom. The summed E-state index contributed by atoms with van der Waals surface area (Å²) in [4.78, 5) is 14.2. The van der Waals surface area contributed by atoms with E-state index in [0.29, 0.717) is 19.5 Å². The minimum Gasteiger partial charge on any atom is -0.396 e. The molecule has 0 aliphatic carbocycles. The number of carbonyl (C=O) groups excluding carboxylic acids is 1. The molecule has 1 aromatic carbocycles. The Balaban J connectivity index is 2.22. The van der Waals surface area contributed by atoms with Crippen molar-refractivity contribution in [3.05, 3.63) is 47.3 Å². The molecule has 0 radical (unpaired) electrons. The maximum Gasteiger partial charge on any atom is 0.255 e. The molecule has 1 heterocycles. The third kappa shape index (κ3) is 3.44. The highest BCUT2D eigenvalue weighted by molar-refractivity contribution is 6.33. The Labute approximate surface area is 129 Å². The second kappa shape index (κ2) is 6.58. The van der Waals surface area contributed by atoms with Crippen molar-refractivity contribution in [2.45, 2.75) is 19.3 Å². The Hall–Kier alpha value is -1.39. The van der Waals surface area contributed by atoms with Gasteiger partial charge in [0.1, 0.15) is 5.82 Å². The summed E-state index contributed by atoms with van der Waals surface area (Å²) >= 11 is 6.00. The summed E-state index contributed by atoms with van der Waals surface area (Å²) in [5.74, 6) is -0.777. The van der Waals surface area contributed by atoms with E-state index in [1.165, 1.54) is 12.1 Å². The molecule has 3 nitrogen and oxygen atoms in total. The summed E-state index contributed by atoms with van der Waals surface area (Å²) in [5.41, 5.74) is -0.181. The lowest BCUT2D eigenvalue weighted by Crippen LogP contribution is -2.47. The Kier molecular flexibility index (Phi) is 5.01. The molecule has 0 bridgehead atoms. The lowest BCUT2D eigenvalue weighted by molar-refractivity contribution is 0.0285. The van der Waals surface area contributed by atoms with Gasteiger partial charge in [0.2, 0.25) is 0 Å². The van der Waals surface area contributed by atoms with Crippen molar-refractivity contribution < 1.29 is 14.3 Å². The lowest BCUT2D eigenvalue weighted by Gasteiger charge is -2.41. The fourth-order valence-electron chi connectivity index (χ4n) is 2.88. The average Bonchev–Trinajstić information content (AvgIpc) is 2.49. The molecule has 114 valence electrons. The predicted molar refractivity (Wildman–Crippen MR) is 80.9 cm³/mol. The largest absolute Gasteiger partial charge is 0.396 e. The molecule has 0 aromatic heterocycles. The van der Waals surface area contributed by atoms with E-state index < -0.39 is 5.82 Å². The van der Waals surface area contributed by atoms with Crippen molar-refractivity contribution in [1.29, 1.82) is 0 Å². The van der Waals surface area contributed by atoms with Gasteiger partial charge in [-0.3, -0.25) is 4.79 Å². The number of hydrogen-bond donors (Lipinski definition) is 1. The van der Waals surface area contributed by atoms with Gasteiger partial charge in [-0.2, -0.15) is 0 Å². The van der Waals surface area contributed by atoms with Crippen LogP contribution in [0.25, 0.3) is 0 Å². The van der Waals surface area contributed by atoms with Crippen molar-refractivity contribution in [3.8, 4) is 0 Å². The summed E-state index contributed by atoms with van der Waals surface area (Å²) in [6.07, 6.45) is 4.05. The van der Waals surface area contributed by atoms with E-state index >= 15 is 0 Å². The topological polar surface area (TPSA) is 40.5 Å².